The van der Waals surface area contributed by atoms with E-state index in [1.54, 1.807) is 18.6 Å². The van der Waals surface area contributed by atoms with Gasteiger partial charge in [-0.2, -0.15) is 0 Å². The number of rotatable bonds is 5. The van der Waals surface area contributed by atoms with Crippen molar-refractivity contribution >= 4 is 22.8 Å². The van der Waals surface area contributed by atoms with Gasteiger partial charge in [-0.3, -0.25) is 4.79 Å². The van der Waals surface area contributed by atoms with E-state index in [0.717, 1.165) is 37.1 Å². The summed E-state index contributed by atoms with van der Waals surface area (Å²) in [6, 6.07) is 2.16. The van der Waals surface area contributed by atoms with Crippen LogP contribution in [0.2, 0.25) is 0 Å². The Morgan fingerprint density at radius 3 is 2.84 bits per heavy atom. The van der Waals surface area contributed by atoms with Crippen LogP contribution < -0.4 is 10.2 Å². The van der Waals surface area contributed by atoms with Crippen molar-refractivity contribution in [1.29, 1.82) is 0 Å². The van der Waals surface area contributed by atoms with Crippen LogP contribution in [0.5, 0.6) is 0 Å². The highest BCUT2D eigenvalue weighted by molar-refractivity contribution is 5.85. The SMILES string of the molecule is CCC(C)CC(=O)N[C@@H]1C[C@H](C)CN(c2ccnc3nccnc23)C1. The molecule has 0 radical (unpaired) electrons. The molecule has 0 saturated carbocycles. The summed E-state index contributed by atoms with van der Waals surface area (Å²) in [5.74, 6) is 1.09. The van der Waals surface area contributed by atoms with Crippen LogP contribution in [0, 0.1) is 11.8 Å². The van der Waals surface area contributed by atoms with Gasteiger partial charge in [0, 0.05) is 44.1 Å². The molecule has 0 aromatic carbocycles. The fourth-order valence-corrected chi connectivity index (χ4v) is 3.52. The average molecular weight is 341 g/mol. The summed E-state index contributed by atoms with van der Waals surface area (Å²) in [5.41, 5.74) is 2.53. The van der Waals surface area contributed by atoms with Crippen molar-refractivity contribution in [2.45, 2.75) is 46.1 Å². The van der Waals surface area contributed by atoms with Gasteiger partial charge in [0.2, 0.25) is 5.91 Å². The van der Waals surface area contributed by atoms with E-state index in [4.69, 9.17) is 0 Å². The maximum Gasteiger partial charge on any atom is 0.220 e. The molecule has 134 valence electrons. The van der Waals surface area contributed by atoms with Crippen LogP contribution in [0.15, 0.2) is 24.7 Å². The third kappa shape index (κ3) is 4.24. The highest BCUT2D eigenvalue weighted by atomic mass is 16.1. The largest absolute Gasteiger partial charge is 0.367 e. The van der Waals surface area contributed by atoms with E-state index in [0.29, 0.717) is 23.9 Å². The lowest BCUT2D eigenvalue weighted by Crippen LogP contribution is -2.50. The zero-order chi connectivity index (χ0) is 17.8. The lowest BCUT2D eigenvalue weighted by atomic mass is 9.94. The molecule has 1 fully saturated rings. The Morgan fingerprint density at radius 1 is 1.28 bits per heavy atom. The van der Waals surface area contributed by atoms with Crippen LogP contribution in [-0.2, 0) is 4.79 Å². The molecule has 6 heteroatoms. The number of aromatic nitrogens is 3. The van der Waals surface area contributed by atoms with E-state index >= 15 is 0 Å². The smallest absolute Gasteiger partial charge is 0.220 e. The summed E-state index contributed by atoms with van der Waals surface area (Å²) in [7, 11) is 0. The van der Waals surface area contributed by atoms with E-state index in [9.17, 15) is 4.79 Å². The van der Waals surface area contributed by atoms with Crippen LogP contribution in [0.3, 0.4) is 0 Å². The third-order valence-corrected chi connectivity index (χ3v) is 4.95. The first kappa shape index (κ1) is 17.6. The van der Waals surface area contributed by atoms with Gasteiger partial charge < -0.3 is 10.2 Å². The highest BCUT2D eigenvalue weighted by Crippen LogP contribution is 2.27. The van der Waals surface area contributed by atoms with Gasteiger partial charge in [-0.25, -0.2) is 15.0 Å². The van der Waals surface area contributed by atoms with Crippen LogP contribution >= 0.6 is 0 Å². The fourth-order valence-electron chi connectivity index (χ4n) is 3.52. The van der Waals surface area contributed by atoms with Crippen molar-refractivity contribution in [2.75, 3.05) is 18.0 Å². The number of nitrogens with zero attached hydrogens (tertiary/aromatic N) is 4. The highest BCUT2D eigenvalue weighted by Gasteiger charge is 2.27. The van der Waals surface area contributed by atoms with E-state index in [1.165, 1.54) is 0 Å². The summed E-state index contributed by atoms with van der Waals surface area (Å²) < 4.78 is 0. The summed E-state index contributed by atoms with van der Waals surface area (Å²) >= 11 is 0. The molecule has 0 bridgehead atoms. The number of amides is 1. The minimum absolute atomic E-state index is 0.160. The number of carbonyl (C=O) groups excluding carboxylic acids is 1. The number of fused-ring (bicyclic) bond motifs is 1. The van der Waals surface area contributed by atoms with Crippen LogP contribution in [0.4, 0.5) is 5.69 Å². The first-order valence-electron chi connectivity index (χ1n) is 9.16. The molecule has 1 amide bonds. The molecular weight excluding hydrogens is 314 g/mol. The van der Waals surface area contributed by atoms with Gasteiger partial charge in [-0.05, 0) is 24.3 Å². The first-order valence-corrected chi connectivity index (χ1v) is 9.16. The second-order valence-corrected chi connectivity index (χ2v) is 7.29. The molecule has 1 aliphatic heterocycles. The summed E-state index contributed by atoms with van der Waals surface area (Å²) in [6.45, 7) is 8.23. The number of hydrogen-bond donors (Lipinski definition) is 1. The zero-order valence-corrected chi connectivity index (χ0v) is 15.3. The van der Waals surface area contributed by atoms with Crippen LogP contribution in [-0.4, -0.2) is 40.0 Å². The quantitative estimate of drug-likeness (QED) is 0.905. The van der Waals surface area contributed by atoms with Gasteiger partial charge in [-0.1, -0.05) is 27.2 Å². The minimum atomic E-state index is 0.160. The van der Waals surface area contributed by atoms with E-state index in [2.05, 4.69) is 45.9 Å². The Kier molecular flexibility index (Phi) is 5.46. The van der Waals surface area contributed by atoms with Crippen molar-refractivity contribution in [3.63, 3.8) is 0 Å². The normalized spacial score (nSPS) is 22.0. The number of piperidine rings is 1. The van der Waals surface area contributed by atoms with Crippen molar-refractivity contribution in [2.24, 2.45) is 11.8 Å². The fraction of sp³-hybridized carbons (Fsp3) is 0.579. The van der Waals surface area contributed by atoms with Crippen LogP contribution in [0.1, 0.15) is 40.0 Å². The summed E-state index contributed by atoms with van der Waals surface area (Å²) in [4.78, 5) is 27.6. The zero-order valence-electron chi connectivity index (χ0n) is 15.3. The Morgan fingerprint density at radius 2 is 2.04 bits per heavy atom. The number of hydrogen-bond acceptors (Lipinski definition) is 5. The molecule has 1 saturated heterocycles. The minimum Gasteiger partial charge on any atom is -0.367 e. The lowest BCUT2D eigenvalue weighted by molar-refractivity contribution is -0.122. The summed E-state index contributed by atoms with van der Waals surface area (Å²) in [6.07, 6.45) is 7.79. The molecule has 0 aliphatic carbocycles. The Balaban J connectivity index is 1.75. The topological polar surface area (TPSA) is 71.0 Å². The molecular formula is C19H27N5O. The van der Waals surface area contributed by atoms with Crippen molar-refractivity contribution in [3.8, 4) is 0 Å². The first-order chi connectivity index (χ1) is 12.1. The Hall–Kier alpha value is -2.24. The standard InChI is InChI=1S/C19H27N5O/c1-4-13(2)10-17(25)23-15-9-14(3)11-24(12-15)16-5-6-21-19-18(16)20-7-8-22-19/h5-8,13-15H,4,9-12H2,1-3H3,(H,23,25)/t13?,14-,15+/m0/s1. The van der Waals surface area contributed by atoms with Gasteiger partial charge in [0.25, 0.3) is 0 Å². The predicted molar refractivity (Wildman–Crippen MR) is 99.3 cm³/mol. The maximum absolute atomic E-state index is 12.3. The van der Waals surface area contributed by atoms with Gasteiger partial charge in [-0.15, -0.1) is 0 Å². The van der Waals surface area contributed by atoms with E-state index in [1.807, 2.05) is 6.07 Å². The van der Waals surface area contributed by atoms with Gasteiger partial charge >= 0.3 is 0 Å². The van der Waals surface area contributed by atoms with Crippen LogP contribution in [0.25, 0.3) is 11.2 Å². The van der Waals surface area contributed by atoms with Crippen molar-refractivity contribution in [1.82, 2.24) is 20.3 Å². The molecule has 3 heterocycles. The number of carbonyl (C=O) groups is 1. The molecule has 1 N–H and O–H groups in total. The van der Waals surface area contributed by atoms with Crippen molar-refractivity contribution in [3.05, 3.63) is 24.7 Å². The third-order valence-electron chi connectivity index (χ3n) is 4.95. The second-order valence-electron chi connectivity index (χ2n) is 7.29. The molecule has 2 aromatic rings. The molecule has 1 unspecified atom stereocenters. The average Bonchev–Trinajstić information content (AvgIpc) is 2.60. The molecule has 6 nitrogen and oxygen atoms in total. The number of nitrogens with one attached hydrogen (secondary N) is 1. The monoisotopic (exact) mass is 341 g/mol. The molecule has 1 aliphatic rings. The van der Waals surface area contributed by atoms with Gasteiger partial charge in [0.1, 0.15) is 5.52 Å². The van der Waals surface area contributed by atoms with Gasteiger partial charge in [0.05, 0.1) is 5.69 Å². The van der Waals surface area contributed by atoms with Gasteiger partial charge in [0.15, 0.2) is 5.65 Å². The van der Waals surface area contributed by atoms with E-state index in [-0.39, 0.29) is 11.9 Å². The molecule has 3 rings (SSSR count). The molecule has 0 spiro atoms. The van der Waals surface area contributed by atoms with Crippen molar-refractivity contribution < 1.29 is 4.79 Å². The second kappa shape index (κ2) is 7.76. The predicted octanol–water partition coefficient (Wildman–Crippen LogP) is 2.79. The number of pyridine rings is 1. The molecule has 25 heavy (non-hydrogen) atoms. The Labute approximate surface area is 149 Å². The molecule has 2 aromatic heterocycles. The lowest BCUT2D eigenvalue weighted by Gasteiger charge is -2.38. The maximum atomic E-state index is 12.3. The molecule has 3 atom stereocenters. The van der Waals surface area contributed by atoms with E-state index < -0.39 is 0 Å². The number of anilines is 1. The summed E-state index contributed by atoms with van der Waals surface area (Å²) in [5, 5.41) is 3.23. The Bertz CT molecular complexity index is 729.